The van der Waals surface area contributed by atoms with Crippen LogP contribution >= 0.6 is 0 Å². The summed E-state index contributed by atoms with van der Waals surface area (Å²) in [4.78, 5) is 24.4. The number of hydrogen-bond donors (Lipinski definition) is 0. The molecule has 1 amide bonds. The van der Waals surface area contributed by atoms with Crippen molar-refractivity contribution in [2.75, 3.05) is 14.1 Å². The topological polar surface area (TPSA) is 46.6 Å². The van der Waals surface area contributed by atoms with Gasteiger partial charge in [0.2, 0.25) is 0 Å². The Morgan fingerprint density at radius 3 is 2.43 bits per heavy atom. The molecule has 0 saturated heterocycles. The zero-order valence-corrected chi connectivity index (χ0v) is 11.7. The van der Waals surface area contributed by atoms with Crippen molar-refractivity contribution in [3.63, 3.8) is 0 Å². The van der Waals surface area contributed by atoms with Gasteiger partial charge in [0, 0.05) is 19.7 Å². The lowest BCUT2D eigenvalue weighted by atomic mass is 10.0. The van der Waals surface area contributed by atoms with E-state index >= 15 is 0 Å². The molecule has 0 atom stereocenters. The number of carbonyl (C=O) groups excluding carboxylic acids is 2. The Balaban J connectivity index is 2.28. The molecule has 108 valence electrons. The monoisotopic (exact) mass is 287 g/mol. The zero-order chi connectivity index (χ0) is 15.4. The Bertz CT molecular complexity index is 683. The predicted octanol–water partition coefficient (Wildman–Crippen LogP) is 3.33. The summed E-state index contributed by atoms with van der Waals surface area (Å²) in [7, 11) is 2.96. The molecule has 0 aliphatic rings. The minimum absolute atomic E-state index is 0.186. The first-order valence-electron chi connectivity index (χ1n) is 6.27. The van der Waals surface area contributed by atoms with E-state index in [9.17, 15) is 14.0 Å². The van der Waals surface area contributed by atoms with Crippen LogP contribution in [0.4, 0.5) is 9.18 Å². The molecule has 21 heavy (non-hydrogen) atoms. The SMILES string of the molecule is CN(C)C(=O)OC(=O)c1cccc(-c2ccccc2F)c1. The third kappa shape index (κ3) is 3.45. The molecule has 0 bridgehead atoms. The van der Waals surface area contributed by atoms with E-state index in [2.05, 4.69) is 4.74 Å². The summed E-state index contributed by atoms with van der Waals surface area (Å²) in [6.07, 6.45) is -0.753. The highest BCUT2D eigenvalue weighted by molar-refractivity contribution is 5.97. The smallest absolute Gasteiger partial charge is 0.372 e. The van der Waals surface area contributed by atoms with E-state index < -0.39 is 12.1 Å². The first-order valence-corrected chi connectivity index (χ1v) is 6.27. The summed E-state index contributed by atoms with van der Waals surface area (Å²) in [6, 6.07) is 12.5. The van der Waals surface area contributed by atoms with Crippen LogP contribution in [0.2, 0.25) is 0 Å². The second-order valence-electron chi connectivity index (χ2n) is 4.61. The minimum atomic E-state index is -0.771. The molecule has 2 rings (SSSR count). The number of ether oxygens (including phenoxy) is 1. The van der Waals surface area contributed by atoms with Crippen molar-refractivity contribution in [3.8, 4) is 11.1 Å². The summed E-state index contributed by atoms with van der Waals surface area (Å²) in [5, 5.41) is 0. The van der Waals surface area contributed by atoms with Gasteiger partial charge in [-0.1, -0.05) is 30.3 Å². The van der Waals surface area contributed by atoms with Crippen LogP contribution < -0.4 is 0 Å². The highest BCUT2D eigenvalue weighted by Crippen LogP contribution is 2.23. The number of esters is 1. The lowest BCUT2D eigenvalue weighted by Crippen LogP contribution is -2.25. The first kappa shape index (κ1) is 14.7. The van der Waals surface area contributed by atoms with Crippen LogP contribution in [0.25, 0.3) is 11.1 Å². The Labute approximate surface area is 121 Å². The Hall–Kier alpha value is -2.69. The van der Waals surface area contributed by atoms with Crippen molar-refractivity contribution in [2.45, 2.75) is 0 Å². The molecular formula is C16H14FNO3. The fourth-order valence-corrected chi connectivity index (χ4v) is 1.74. The molecule has 0 fully saturated rings. The first-order chi connectivity index (χ1) is 9.99. The molecule has 2 aromatic carbocycles. The molecule has 0 N–H and O–H groups in total. The quantitative estimate of drug-likeness (QED) is 0.628. The number of halogens is 1. The zero-order valence-electron chi connectivity index (χ0n) is 11.7. The van der Waals surface area contributed by atoms with Crippen LogP contribution in [-0.2, 0) is 4.74 Å². The maximum Gasteiger partial charge on any atom is 0.417 e. The molecule has 0 spiro atoms. The lowest BCUT2D eigenvalue weighted by Gasteiger charge is -2.10. The van der Waals surface area contributed by atoms with E-state index in [0.29, 0.717) is 11.1 Å². The van der Waals surface area contributed by atoms with Crippen molar-refractivity contribution in [3.05, 3.63) is 59.9 Å². The van der Waals surface area contributed by atoms with Crippen molar-refractivity contribution in [1.29, 1.82) is 0 Å². The number of carbonyl (C=O) groups is 2. The fraction of sp³-hybridized carbons (Fsp3) is 0.125. The molecule has 0 aliphatic heterocycles. The second kappa shape index (κ2) is 6.17. The number of nitrogens with zero attached hydrogens (tertiary/aromatic N) is 1. The molecule has 0 radical (unpaired) electrons. The van der Waals surface area contributed by atoms with Gasteiger partial charge in [-0.15, -0.1) is 0 Å². The largest absolute Gasteiger partial charge is 0.417 e. The van der Waals surface area contributed by atoms with Crippen LogP contribution in [-0.4, -0.2) is 31.1 Å². The van der Waals surface area contributed by atoms with Crippen LogP contribution in [0.1, 0.15) is 10.4 Å². The van der Waals surface area contributed by atoms with Crippen molar-refractivity contribution >= 4 is 12.1 Å². The fourth-order valence-electron chi connectivity index (χ4n) is 1.74. The number of benzene rings is 2. The third-order valence-electron chi connectivity index (χ3n) is 2.83. The standard InChI is InChI=1S/C16H14FNO3/c1-18(2)16(20)21-15(19)12-7-5-6-11(10-12)13-8-3-4-9-14(13)17/h3-10H,1-2H3. The molecular weight excluding hydrogens is 273 g/mol. The van der Waals surface area contributed by atoms with Gasteiger partial charge in [0.25, 0.3) is 0 Å². The van der Waals surface area contributed by atoms with Crippen LogP contribution in [0.3, 0.4) is 0 Å². The highest BCUT2D eigenvalue weighted by Gasteiger charge is 2.15. The van der Waals surface area contributed by atoms with Gasteiger partial charge in [0.15, 0.2) is 0 Å². The molecule has 0 aliphatic carbocycles. The van der Waals surface area contributed by atoms with Crippen molar-refractivity contribution in [2.24, 2.45) is 0 Å². The maximum atomic E-state index is 13.7. The minimum Gasteiger partial charge on any atom is -0.372 e. The van der Waals surface area contributed by atoms with Crippen LogP contribution in [0.5, 0.6) is 0 Å². The maximum absolute atomic E-state index is 13.7. The van der Waals surface area contributed by atoms with Crippen molar-refractivity contribution in [1.82, 2.24) is 4.90 Å². The van der Waals surface area contributed by atoms with E-state index in [0.717, 1.165) is 4.90 Å². The Morgan fingerprint density at radius 2 is 1.76 bits per heavy atom. The Morgan fingerprint density at radius 1 is 1.05 bits per heavy atom. The predicted molar refractivity (Wildman–Crippen MR) is 76.3 cm³/mol. The summed E-state index contributed by atoms with van der Waals surface area (Å²) in [5.41, 5.74) is 1.11. The van der Waals surface area contributed by atoms with Crippen molar-refractivity contribution < 1.29 is 18.7 Å². The Kier molecular flexibility index (Phi) is 4.33. The molecule has 2 aromatic rings. The van der Waals surface area contributed by atoms with Crippen LogP contribution in [0.15, 0.2) is 48.5 Å². The average molecular weight is 287 g/mol. The number of amides is 1. The highest BCUT2D eigenvalue weighted by atomic mass is 19.1. The molecule has 4 nitrogen and oxygen atoms in total. The van der Waals surface area contributed by atoms with Crippen LogP contribution in [0, 0.1) is 5.82 Å². The van der Waals surface area contributed by atoms with E-state index in [-0.39, 0.29) is 11.4 Å². The molecule has 0 heterocycles. The van der Waals surface area contributed by atoms with Gasteiger partial charge in [0.05, 0.1) is 5.56 Å². The van der Waals surface area contributed by atoms with Gasteiger partial charge in [-0.3, -0.25) is 0 Å². The number of rotatable bonds is 2. The second-order valence-corrected chi connectivity index (χ2v) is 4.61. The van der Waals surface area contributed by atoms with E-state index in [1.807, 2.05) is 0 Å². The van der Waals surface area contributed by atoms with Gasteiger partial charge in [-0.2, -0.15) is 0 Å². The molecule has 0 saturated carbocycles. The van der Waals surface area contributed by atoms with Gasteiger partial charge < -0.3 is 9.64 Å². The van der Waals surface area contributed by atoms with E-state index in [1.165, 1.54) is 32.3 Å². The summed E-state index contributed by atoms with van der Waals surface area (Å²) < 4.78 is 18.4. The van der Waals surface area contributed by atoms with Gasteiger partial charge in [-0.25, -0.2) is 14.0 Å². The van der Waals surface area contributed by atoms with E-state index in [4.69, 9.17) is 0 Å². The summed E-state index contributed by atoms with van der Waals surface area (Å²) in [6.45, 7) is 0. The normalized spacial score (nSPS) is 10.0. The number of hydrogen-bond acceptors (Lipinski definition) is 3. The third-order valence-corrected chi connectivity index (χ3v) is 2.83. The van der Waals surface area contributed by atoms with Gasteiger partial charge in [-0.05, 0) is 23.8 Å². The summed E-state index contributed by atoms with van der Waals surface area (Å²) >= 11 is 0. The molecule has 5 heteroatoms. The summed E-state index contributed by atoms with van der Waals surface area (Å²) in [5.74, 6) is -1.15. The molecule has 0 aromatic heterocycles. The lowest BCUT2D eigenvalue weighted by molar-refractivity contribution is 0.0573. The average Bonchev–Trinajstić information content (AvgIpc) is 2.47. The van der Waals surface area contributed by atoms with E-state index in [1.54, 1.807) is 30.3 Å². The van der Waals surface area contributed by atoms with Gasteiger partial charge >= 0.3 is 12.1 Å². The van der Waals surface area contributed by atoms with Gasteiger partial charge in [0.1, 0.15) is 5.82 Å². The molecule has 0 unspecified atom stereocenters.